The average Bonchev–Trinajstić information content (AvgIpc) is 2.67. The molecule has 1 unspecified atom stereocenters. The van der Waals surface area contributed by atoms with Gasteiger partial charge >= 0.3 is 0 Å². The lowest BCUT2D eigenvalue weighted by Crippen LogP contribution is -2.67. The zero-order valence-corrected chi connectivity index (χ0v) is 11.8. The maximum atomic E-state index is 10.4. The van der Waals surface area contributed by atoms with Crippen LogP contribution in [0.5, 0.6) is 0 Å². The largest absolute Gasteiger partial charge is 0.388 e. The summed E-state index contributed by atoms with van der Waals surface area (Å²) in [7, 11) is 0. The molecule has 9 atom stereocenters. The van der Waals surface area contributed by atoms with Crippen LogP contribution in [-0.2, 0) is 14.2 Å². The third-order valence-electron chi connectivity index (χ3n) is 5.95. The third-order valence-corrected chi connectivity index (χ3v) is 5.95. The van der Waals surface area contributed by atoms with E-state index in [0.29, 0.717) is 12.8 Å². The lowest BCUT2D eigenvalue weighted by atomic mass is 9.57. The molecule has 1 aliphatic carbocycles. The molecule has 20 heavy (non-hydrogen) atoms. The highest BCUT2D eigenvalue weighted by Crippen LogP contribution is 2.63. The molecular weight excluding hydrogens is 260 g/mol. The molecule has 1 spiro atoms. The number of rotatable bonds is 0. The number of hydrogen-bond donors (Lipinski definition) is 2. The number of fused-ring (bicyclic) bond motifs is 1. The Kier molecular flexibility index (Phi) is 2.08. The fraction of sp³-hybridized carbons (Fsp3) is 1.00. The van der Waals surface area contributed by atoms with Gasteiger partial charge in [-0.05, 0) is 38.0 Å². The normalized spacial score (nSPS) is 67.8. The standard InChI is InChI=1S/C15H24O5/c1-7-4-5-9-8(2)12(17)18-13-15(9)10(7)6-11(16)14(3,19-13)20-15/h7-13,16-17H,4-6H2,1-3H3/t7-,8-,9+,10+,11-,12?,13+,14-,15+/m1/s1/i2D3. The van der Waals surface area contributed by atoms with Gasteiger partial charge in [0.25, 0.3) is 0 Å². The first-order valence-corrected chi connectivity index (χ1v) is 7.49. The SMILES string of the molecule is [2H]C([2H])([2H])[C@H]1C(O)O[C@H]2O[C@]3(C)O[C@@]24[C@@H](C[C@H]3O)[C@H](C)CC[C@@H]14. The summed E-state index contributed by atoms with van der Waals surface area (Å²) in [5.41, 5.74) is -0.899. The Bertz CT molecular complexity index is 514. The summed E-state index contributed by atoms with van der Waals surface area (Å²) in [6.45, 7) is 1.42. The van der Waals surface area contributed by atoms with Gasteiger partial charge < -0.3 is 24.4 Å². The third kappa shape index (κ3) is 1.40. The van der Waals surface area contributed by atoms with Crippen LogP contribution in [-0.4, -0.2) is 40.3 Å². The van der Waals surface area contributed by atoms with E-state index < -0.39 is 42.8 Å². The molecule has 3 heterocycles. The molecule has 5 heteroatoms. The zero-order valence-electron chi connectivity index (χ0n) is 14.8. The molecule has 1 saturated carbocycles. The van der Waals surface area contributed by atoms with Crippen molar-refractivity contribution < 1.29 is 28.5 Å². The van der Waals surface area contributed by atoms with Gasteiger partial charge in [-0.25, -0.2) is 0 Å². The highest BCUT2D eigenvalue weighted by Gasteiger charge is 2.73. The maximum Gasteiger partial charge on any atom is 0.195 e. The van der Waals surface area contributed by atoms with E-state index in [4.69, 9.17) is 18.3 Å². The quantitative estimate of drug-likeness (QED) is 0.701. The van der Waals surface area contributed by atoms with Crippen LogP contribution in [0.3, 0.4) is 0 Å². The second-order valence-electron chi connectivity index (χ2n) is 6.99. The monoisotopic (exact) mass is 287 g/mol. The van der Waals surface area contributed by atoms with Crippen molar-refractivity contribution in [2.24, 2.45) is 23.7 Å². The molecule has 0 aromatic rings. The van der Waals surface area contributed by atoms with E-state index in [1.54, 1.807) is 6.92 Å². The van der Waals surface area contributed by atoms with Crippen molar-refractivity contribution in [2.45, 2.75) is 70.0 Å². The van der Waals surface area contributed by atoms with Crippen LogP contribution in [0, 0.1) is 23.7 Å². The minimum atomic E-state index is -2.34. The van der Waals surface area contributed by atoms with Gasteiger partial charge in [0.2, 0.25) is 0 Å². The van der Waals surface area contributed by atoms with Gasteiger partial charge in [-0.15, -0.1) is 0 Å². The smallest absolute Gasteiger partial charge is 0.195 e. The van der Waals surface area contributed by atoms with Gasteiger partial charge in [-0.2, -0.15) is 0 Å². The van der Waals surface area contributed by atoms with E-state index in [2.05, 4.69) is 6.92 Å². The zero-order chi connectivity index (χ0) is 16.8. The Balaban J connectivity index is 1.83. The maximum absolute atomic E-state index is 10.4. The van der Waals surface area contributed by atoms with Gasteiger partial charge in [-0.3, -0.25) is 0 Å². The second-order valence-corrected chi connectivity index (χ2v) is 6.99. The molecular formula is C15H24O5. The first-order valence-electron chi connectivity index (χ1n) is 8.99. The van der Waals surface area contributed by atoms with Crippen molar-refractivity contribution in [3.63, 3.8) is 0 Å². The van der Waals surface area contributed by atoms with Crippen LogP contribution >= 0.6 is 0 Å². The topological polar surface area (TPSA) is 68.2 Å². The van der Waals surface area contributed by atoms with E-state index in [-0.39, 0.29) is 17.8 Å². The van der Waals surface area contributed by atoms with E-state index in [1.807, 2.05) is 0 Å². The van der Waals surface area contributed by atoms with E-state index in [1.165, 1.54) is 0 Å². The average molecular weight is 287 g/mol. The number of hydrogen-bond acceptors (Lipinski definition) is 5. The summed E-state index contributed by atoms with van der Waals surface area (Å²) in [6.07, 6.45) is -1.06. The Labute approximate surface area is 123 Å². The van der Waals surface area contributed by atoms with Crippen molar-refractivity contribution in [2.75, 3.05) is 0 Å². The predicted octanol–water partition coefficient (Wildman–Crippen LogP) is 1.23. The minimum absolute atomic E-state index is 0.0471. The first kappa shape index (κ1) is 10.5. The van der Waals surface area contributed by atoms with Crippen molar-refractivity contribution in [3.8, 4) is 0 Å². The van der Waals surface area contributed by atoms with Crippen molar-refractivity contribution in [1.29, 1.82) is 0 Å². The molecule has 3 saturated heterocycles. The van der Waals surface area contributed by atoms with Crippen LogP contribution in [0.25, 0.3) is 0 Å². The molecule has 0 radical (unpaired) electrons. The number of ether oxygens (including phenoxy) is 3. The summed E-state index contributed by atoms with van der Waals surface area (Å²) >= 11 is 0. The van der Waals surface area contributed by atoms with Gasteiger partial charge in [0, 0.05) is 15.9 Å². The summed E-state index contributed by atoms with van der Waals surface area (Å²) in [4.78, 5) is 0. The van der Waals surface area contributed by atoms with E-state index in [0.717, 1.165) is 6.42 Å². The highest BCUT2D eigenvalue weighted by atomic mass is 16.9. The summed E-state index contributed by atoms with van der Waals surface area (Å²) in [6, 6.07) is 0. The Morgan fingerprint density at radius 1 is 1.25 bits per heavy atom. The molecule has 0 amide bonds. The van der Waals surface area contributed by atoms with Crippen molar-refractivity contribution >= 4 is 0 Å². The van der Waals surface area contributed by atoms with E-state index in [9.17, 15) is 10.2 Å². The fourth-order valence-electron chi connectivity index (χ4n) is 4.84. The van der Waals surface area contributed by atoms with Crippen molar-refractivity contribution in [3.05, 3.63) is 0 Å². The molecule has 4 rings (SSSR count). The molecule has 114 valence electrons. The van der Waals surface area contributed by atoms with Gasteiger partial charge in [0.15, 0.2) is 18.4 Å². The molecule has 4 aliphatic rings. The Hall–Kier alpha value is -0.200. The molecule has 0 aromatic heterocycles. The number of aliphatic hydroxyl groups excluding tert-OH is 2. The summed E-state index contributed by atoms with van der Waals surface area (Å²) in [5.74, 6) is -2.37. The molecule has 0 aromatic carbocycles. The minimum Gasteiger partial charge on any atom is -0.388 e. The molecule has 4 fully saturated rings. The Morgan fingerprint density at radius 3 is 2.80 bits per heavy atom. The van der Waals surface area contributed by atoms with Gasteiger partial charge in [-0.1, -0.05) is 13.8 Å². The second kappa shape index (κ2) is 3.96. The van der Waals surface area contributed by atoms with Gasteiger partial charge in [0.1, 0.15) is 11.7 Å². The first-order chi connectivity index (χ1) is 10.6. The van der Waals surface area contributed by atoms with Gasteiger partial charge in [0.05, 0.1) is 0 Å². The fourth-order valence-corrected chi connectivity index (χ4v) is 4.84. The molecule has 2 bridgehead atoms. The molecule has 2 N–H and O–H groups in total. The molecule has 3 aliphatic heterocycles. The lowest BCUT2D eigenvalue weighted by molar-refractivity contribution is -0.330. The van der Waals surface area contributed by atoms with Crippen LogP contribution in [0.2, 0.25) is 0 Å². The van der Waals surface area contributed by atoms with Crippen molar-refractivity contribution in [1.82, 2.24) is 0 Å². The summed E-state index contributed by atoms with van der Waals surface area (Å²) in [5, 5.41) is 20.8. The Morgan fingerprint density at radius 2 is 2.05 bits per heavy atom. The van der Waals surface area contributed by atoms with Crippen LogP contribution in [0.1, 0.15) is 44.1 Å². The van der Waals surface area contributed by atoms with Crippen LogP contribution < -0.4 is 0 Å². The highest BCUT2D eigenvalue weighted by molar-refractivity contribution is 5.14. The van der Waals surface area contributed by atoms with Crippen LogP contribution in [0.4, 0.5) is 0 Å². The van der Waals surface area contributed by atoms with E-state index >= 15 is 0 Å². The lowest BCUT2D eigenvalue weighted by Gasteiger charge is -2.58. The molecule has 5 nitrogen and oxygen atoms in total. The summed E-state index contributed by atoms with van der Waals surface area (Å²) < 4.78 is 41.2. The predicted molar refractivity (Wildman–Crippen MR) is 69.4 cm³/mol. The number of aliphatic hydroxyl groups is 2. The van der Waals surface area contributed by atoms with Crippen LogP contribution in [0.15, 0.2) is 0 Å².